The first-order valence-corrected chi connectivity index (χ1v) is 10.5. The van der Waals surface area contributed by atoms with Gasteiger partial charge in [-0.25, -0.2) is 8.42 Å². The first-order valence-electron chi connectivity index (χ1n) is 8.66. The Kier molecular flexibility index (Phi) is 4.28. The number of non-ortho nitro benzene ring substituents is 1. The van der Waals surface area contributed by atoms with Crippen molar-refractivity contribution >= 4 is 32.1 Å². The summed E-state index contributed by atoms with van der Waals surface area (Å²) in [7, 11) is -2.88. The lowest BCUT2D eigenvalue weighted by Crippen LogP contribution is -2.50. The van der Waals surface area contributed by atoms with Crippen LogP contribution in [-0.2, 0) is 9.84 Å². The van der Waals surface area contributed by atoms with E-state index in [-0.39, 0.29) is 28.2 Å². The van der Waals surface area contributed by atoms with Gasteiger partial charge in [0, 0.05) is 44.5 Å². The van der Waals surface area contributed by atoms with Gasteiger partial charge in [-0.3, -0.25) is 20.0 Å². The highest BCUT2D eigenvalue weighted by atomic mass is 32.2. The molecule has 0 N–H and O–H groups in total. The van der Waals surface area contributed by atoms with E-state index in [1.165, 1.54) is 6.07 Å². The van der Waals surface area contributed by atoms with Gasteiger partial charge in [-0.15, -0.1) is 0 Å². The van der Waals surface area contributed by atoms with E-state index in [0.717, 1.165) is 31.9 Å². The third kappa shape index (κ3) is 3.12. The lowest BCUT2D eigenvalue weighted by molar-refractivity contribution is -0.383. The fraction of sp³-hybridized carbons (Fsp3) is 0.471. The largest absolute Gasteiger partial charge is 0.367 e. The number of benzene rings is 1. The van der Waals surface area contributed by atoms with Crippen LogP contribution in [0.5, 0.6) is 0 Å². The van der Waals surface area contributed by atoms with Crippen LogP contribution in [0.25, 0.3) is 10.9 Å². The van der Waals surface area contributed by atoms with E-state index < -0.39 is 9.84 Å². The predicted molar refractivity (Wildman–Crippen MR) is 99.2 cm³/mol. The molecule has 0 aliphatic carbocycles. The third-order valence-corrected chi connectivity index (χ3v) is 7.05. The van der Waals surface area contributed by atoms with Crippen molar-refractivity contribution in [1.82, 2.24) is 9.88 Å². The molecule has 0 amide bonds. The summed E-state index contributed by atoms with van der Waals surface area (Å²) in [6.45, 7) is 3.07. The van der Waals surface area contributed by atoms with Crippen LogP contribution in [0, 0.1) is 10.1 Å². The van der Waals surface area contributed by atoms with Crippen molar-refractivity contribution in [1.29, 1.82) is 0 Å². The molecule has 9 heteroatoms. The molecule has 2 aliphatic rings. The quantitative estimate of drug-likeness (QED) is 0.591. The van der Waals surface area contributed by atoms with Crippen LogP contribution in [0.3, 0.4) is 0 Å². The van der Waals surface area contributed by atoms with E-state index in [2.05, 4.69) is 14.8 Å². The molecule has 1 aromatic carbocycles. The highest BCUT2D eigenvalue weighted by Gasteiger charge is 2.34. The molecule has 0 radical (unpaired) electrons. The SMILES string of the molecule is O=[N+]([O-])c1ccc(N2CCN(C3CCS(=O)(=O)C3)CC2)c2ncccc12. The second-order valence-corrected chi connectivity index (χ2v) is 9.07. The van der Waals surface area contributed by atoms with Gasteiger partial charge in [0.15, 0.2) is 9.84 Å². The fourth-order valence-electron chi connectivity index (χ4n) is 3.95. The molecule has 138 valence electrons. The van der Waals surface area contributed by atoms with Gasteiger partial charge in [-0.1, -0.05) is 0 Å². The highest BCUT2D eigenvalue weighted by Crippen LogP contribution is 2.32. The van der Waals surface area contributed by atoms with Gasteiger partial charge in [0.1, 0.15) is 5.52 Å². The lowest BCUT2D eigenvalue weighted by Gasteiger charge is -2.38. The first-order chi connectivity index (χ1) is 12.4. The monoisotopic (exact) mass is 376 g/mol. The van der Waals surface area contributed by atoms with Crippen LogP contribution < -0.4 is 4.90 Å². The molecule has 1 unspecified atom stereocenters. The number of sulfone groups is 1. The van der Waals surface area contributed by atoms with Crippen molar-refractivity contribution in [2.24, 2.45) is 0 Å². The molecule has 3 heterocycles. The van der Waals surface area contributed by atoms with Crippen LogP contribution in [0.2, 0.25) is 0 Å². The molecule has 2 saturated heterocycles. The smallest absolute Gasteiger partial charge is 0.278 e. The molecule has 2 aliphatic heterocycles. The summed E-state index contributed by atoms with van der Waals surface area (Å²) in [5.74, 6) is 0.545. The number of nitro groups is 1. The van der Waals surface area contributed by atoms with E-state index in [4.69, 9.17) is 0 Å². The number of hydrogen-bond donors (Lipinski definition) is 0. The second-order valence-electron chi connectivity index (χ2n) is 6.84. The number of piperazine rings is 1. The molecule has 8 nitrogen and oxygen atoms in total. The summed E-state index contributed by atoms with van der Waals surface area (Å²) in [5, 5.41) is 11.8. The Morgan fingerprint density at radius 2 is 1.92 bits per heavy atom. The highest BCUT2D eigenvalue weighted by molar-refractivity contribution is 7.91. The summed E-state index contributed by atoms with van der Waals surface area (Å²) >= 11 is 0. The zero-order valence-electron chi connectivity index (χ0n) is 14.2. The van der Waals surface area contributed by atoms with E-state index in [0.29, 0.717) is 17.3 Å². The molecule has 0 bridgehead atoms. The minimum atomic E-state index is -2.88. The number of nitrogens with zero attached hydrogens (tertiary/aromatic N) is 4. The Balaban J connectivity index is 1.55. The third-order valence-electron chi connectivity index (χ3n) is 5.30. The Labute approximate surface area is 151 Å². The van der Waals surface area contributed by atoms with Gasteiger partial charge in [0.05, 0.1) is 27.5 Å². The zero-order chi connectivity index (χ0) is 18.3. The summed E-state index contributed by atoms with van der Waals surface area (Å²) in [5.41, 5.74) is 1.59. The van der Waals surface area contributed by atoms with Crippen molar-refractivity contribution in [2.45, 2.75) is 12.5 Å². The number of rotatable bonds is 3. The van der Waals surface area contributed by atoms with Crippen LogP contribution in [-0.4, -0.2) is 67.0 Å². The molecule has 26 heavy (non-hydrogen) atoms. The summed E-state index contributed by atoms with van der Waals surface area (Å²) in [4.78, 5) is 19.7. The number of anilines is 1. The fourth-order valence-corrected chi connectivity index (χ4v) is 5.71. The Morgan fingerprint density at radius 3 is 2.58 bits per heavy atom. The lowest BCUT2D eigenvalue weighted by atomic mass is 10.1. The maximum atomic E-state index is 11.7. The molecule has 1 aromatic heterocycles. The zero-order valence-corrected chi connectivity index (χ0v) is 15.1. The Bertz CT molecular complexity index is 954. The van der Waals surface area contributed by atoms with Gasteiger partial charge in [-0.2, -0.15) is 0 Å². The molecule has 1 atom stereocenters. The van der Waals surface area contributed by atoms with Crippen molar-refractivity contribution in [3.05, 3.63) is 40.6 Å². The average Bonchev–Trinajstić information content (AvgIpc) is 3.00. The van der Waals surface area contributed by atoms with Crippen molar-refractivity contribution < 1.29 is 13.3 Å². The topological polar surface area (TPSA) is 96.6 Å². The van der Waals surface area contributed by atoms with Crippen molar-refractivity contribution in [3.63, 3.8) is 0 Å². The molecule has 0 spiro atoms. The number of nitro benzene ring substituents is 1. The van der Waals surface area contributed by atoms with E-state index in [1.807, 2.05) is 0 Å². The normalized spacial score (nSPS) is 23.4. The molecule has 4 rings (SSSR count). The van der Waals surface area contributed by atoms with Gasteiger partial charge >= 0.3 is 0 Å². The van der Waals surface area contributed by atoms with Gasteiger partial charge in [0.25, 0.3) is 5.69 Å². The van der Waals surface area contributed by atoms with Crippen molar-refractivity contribution in [2.75, 3.05) is 42.6 Å². The van der Waals surface area contributed by atoms with E-state index in [1.54, 1.807) is 24.4 Å². The summed E-state index contributed by atoms with van der Waals surface area (Å²) in [6.07, 6.45) is 2.36. The first kappa shape index (κ1) is 17.2. The van der Waals surface area contributed by atoms with Gasteiger partial charge in [0.2, 0.25) is 0 Å². The number of fused-ring (bicyclic) bond motifs is 1. The minimum Gasteiger partial charge on any atom is -0.367 e. The van der Waals surface area contributed by atoms with Gasteiger partial charge < -0.3 is 4.90 Å². The minimum absolute atomic E-state index is 0.0617. The number of hydrogen-bond acceptors (Lipinski definition) is 7. The summed E-state index contributed by atoms with van der Waals surface area (Å²) < 4.78 is 23.4. The van der Waals surface area contributed by atoms with Crippen LogP contribution in [0.4, 0.5) is 11.4 Å². The maximum Gasteiger partial charge on any atom is 0.278 e. The maximum absolute atomic E-state index is 11.7. The molecule has 2 fully saturated rings. The molecule has 2 aromatic rings. The summed E-state index contributed by atoms with van der Waals surface area (Å²) in [6, 6.07) is 6.86. The molecular formula is C17H20N4O4S. The van der Waals surface area contributed by atoms with E-state index in [9.17, 15) is 18.5 Å². The van der Waals surface area contributed by atoms with Crippen LogP contribution in [0.1, 0.15) is 6.42 Å². The van der Waals surface area contributed by atoms with Gasteiger partial charge in [-0.05, 0) is 24.6 Å². The molecular weight excluding hydrogens is 356 g/mol. The van der Waals surface area contributed by atoms with Crippen LogP contribution >= 0.6 is 0 Å². The Hall–Kier alpha value is -2.26. The molecule has 0 saturated carbocycles. The predicted octanol–water partition coefficient (Wildman–Crippen LogP) is 1.45. The second kappa shape index (κ2) is 6.48. The van der Waals surface area contributed by atoms with E-state index >= 15 is 0 Å². The standard InChI is InChI=1S/C17H20N4O4S/c22-21(23)15-3-4-16(17-14(15)2-1-6-18-17)20-9-7-19(8-10-20)13-5-11-26(24,25)12-13/h1-4,6,13H,5,7-12H2. The average molecular weight is 376 g/mol. The Morgan fingerprint density at radius 1 is 1.15 bits per heavy atom. The van der Waals surface area contributed by atoms with Crippen molar-refractivity contribution in [3.8, 4) is 0 Å². The number of pyridine rings is 1. The number of aromatic nitrogens is 1. The van der Waals surface area contributed by atoms with Crippen LogP contribution in [0.15, 0.2) is 30.5 Å².